The topological polar surface area (TPSA) is 76.1 Å². The zero-order chi connectivity index (χ0) is 14.7. The van der Waals surface area contributed by atoms with Crippen LogP contribution in [0.2, 0.25) is 0 Å². The van der Waals surface area contributed by atoms with E-state index in [9.17, 15) is 14.6 Å². The van der Waals surface area contributed by atoms with Crippen molar-refractivity contribution in [2.24, 2.45) is 0 Å². The largest absolute Gasteiger partial charge is 0.330 e. The molecule has 110 valence electrons. The Morgan fingerprint density at radius 2 is 1.95 bits per heavy atom. The Hall–Kier alpha value is -0.860. The number of terminal acetylenes is 1. The molecule has 0 aliphatic heterocycles. The lowest BCUT2D eigenvalue weighted by molar-refractivity contribution is -0.164. The number of amides is 1. The van der Waals surface area contributed by atoms with Gasteiger partial charge in [0.2, 0.25) is 5.91 Å². The fraction of sp³-hybridized carbons (Fsp3) is 0.750. The van der Waals surface area contributed by atoms with Crippen LogP contribution in [0, 0.1) is 12.3 Å². The van der Waals surface area contributed by atoms with E-state index in [4.69, 9.17) is 15.5 Å². The van der Waals surface area contributed by atoms with E-state index in [1.165, 1.54) is 0 Å². The molecule has 0 saturated carbocycles. The highest BCUT2D eigenvalue weighted by Crippen LogP contribution is 2.48. The summed E-state index contributed by atoms with van der Waals surface area (Å²) < 4.78 is 22.3. The number of hydroxylamine groups is 2. The number of hydrogen-bond donors (Lipinski definition) is 1. The molecule has 19 heavy (non-hydrogen) atoms. The van der Waals surface area contributed by atoms with Crippen LogP contribution in [0.1, 0.15) is 33.1 Å². The van der Waals surface area contributed by atoms with Crippen molar-refractivity contribution in [3.05, 3.63) is 0 Å². The molecule has 0 bridgehead atoms. The molecule has 0 atom stereocenters. The predicted molar refractivity (Wildman–Crippen MR) is 71.9 cm³/mol. The van der Waals surface area contributed by atoms with Gasteiger partial charge < -0.3 is 9.05 Å². The average Bonchev–Trinajstić information content (AvgIpc) is 2.36. The molecule has 7 heteroatoms. The van der Waals surface area contributed by atoms with Gasteiger partial charge in [-0.2, -0.15) is 0 Å². The molecule has 0 aromatic carbocycles. The van der Waals surface area contributed by atoms with Gasteiger partial charge >= 0.3 is 7.60 Å². The molecule has 0 aliphatic rings. The SMILES string of the molecule is C#CCCN(O)C(=O)CCCP(=O)(OCC)OCC. The standard InChI is InChI=1S/C12H22NO5P/c1-4-7-10-13(15)12(14)9-8-11-19(16,17-5-2)18-6-3/h1,15H,5-11H2,2-3H3. The maximum Gasteiger partial charge on any atom is 0.330 e. The minimum atomic E-state index is -3.11. The summed E-state index contributed by atoms with van der Waals surface area (Å²) in [4.78, 5) is 11.5. The Balaban J connectivity index is 4.08. The van der Waals surface area contributed by atoms with Gasteiger partial charge in [-0.3, -0.25) is 14.6 Å². The van der Waals surface area contributed by atoms with E-state index >= 15 is 0 Å². The minimum absolute atomic E-state index is 0.0746. The fourth-order valence-corrected chi connectivity index (χ4v) is 3.07. The van der Waals surface area contributed by atoms with Gasteiger partial charge in [0.1, 0.15) is 0 Å². The summed E-state index contributed by atoms with van der Waals surface area (Å²) in [5, 5.41) is 9.93. The molecule has 0 rings (SSSR count). The van der Waals surface area contributed by atoms with E-state index in [0.717, 1.165) is 0 Å². The average molecular weight is 291 g/mol. The summed E-state index contributed by atoms with van der Waals surface area (Å²) in [5.41, 5.74) is 0. The van der Waals surface area contributed by atoms with Crippen molar-refractivity contribution < 1.29 is 23.6 Å². The third-order valence-electron chi connectivity index (χ3n) is 2.23. The molecule has 0 radical (unpaired) electrons. The smallest absolute Gasteiger partial charge is 0.309 e. The van der Waals surface area contributed by atoms with Crippen LogP contribution in [0.25, 0.3) is 0 Å². The van der Waals surface area contributed by atoms with Crippen molar-refractivity contribution in [3.8, 4) is 12.3 Å². The maximum absolute atomic E-state index is 12.1. The highest BCUT2D eigenvalue weighted by molar-refractivity contribution is 7.53. The highest BCUT2D eigenvalue weighted by atomic mass is 31.2. The third kappa shape index (κ3) is 8.02. The van der Waals surface area contributed by atoms with Crippen LogP contribution >= 0.6 is 7.60 Å². The quantitative estimate of drug-likeness (QED) is 0.289. The molecule has 0 saturated heterocycles. The molecule has 0 fully saturated rings. The van der Waals surface area contributed by atoms with Crippen LogP contribution in [0.3, 0.4) is 0 Å². The highest BCUT2D eigenvalue weighted by Gasteiger charge is 2.23. The normalized spacial score (nSPS) is 11.1. The molecule has 0 spiro atoms. The zero-order valence-corrected chi connectivity index (χ0v) is 12.4. The van der Waals surface area contributed by atoms with Crippen LogP contribution < -0.4 is 0 Å². The van der Waals surface area contributed by atoms with E-state index in [1.807, 2.05) is 0 Å². The number of rotatable bonds is 10. The van der Waals surface area contributed by atoms with Crippen LogP contribution in [0.5, 0.6) is 0 Å². The van der Waals surface area contributed by atoms with Crippen LogP contribution in [-0.4, -0.2) is 42.1 Å². The molecule has 1 amide bonds. The van der Waals surface area contributed by atoms with Crippen LogP contribution in [-0.2, 0) is 18.4 Å². The second-order valence-electron chi connectivity index (χ2n) is 3.74. The summed E-state index contributed by atoms with van der Waals surface area (Å²) in [6.45, 7) is 4.14. The van der Waals surface area contributed by atoms with Gasteiger partial charge in [-0.25, -0.2) is 5.06 Å². The lowest BCUT2D eigenvalue weighted by atomic mass is 10.3. The number of carbonyl (C=O) groups excluding carboxylic acids is 1. The molecule has 0 unspecified atom stereocenters. The fourth-order valence-electron chi connectivity index (χ4n) is 1.41. The zero-order valence-electron chi connectivity index (χ0n) is 11.5. The summed E-state index contributed by atoms with van der Waals surface area (Å²) in [6.07, 6.45) is 5.88. The molecule has 0 heterocycles. The van der Waals surface area contributed by atoms with Crippen molar-refractivity contribution in [1.29, 1.82) is 0 Å². The molecule has 1 N–H and O–H groups in total. The maximum atomic E-state index is 12.1. The minimum Gasteiger partial charge on any atom is -0.309 e. The van der Waals surface area contributed by atoms with E-state index in [2.05, 4.69) is 5.92 Å². The second-order valence-corrected chi connectivity index (χ2v) is 5.93. The number of hydrogen-bond acceptors (Lipinski definition) is 5. The summed E-state index contributed by atoms with van der Waals surface area (Å²) >= 11 is 0. The van der Waals surface area contributed by atoms with Gasteiger partial charge in [-0.15, -0.1) is 12.3 Å². The second kappa shape index (κ2) is 9.99. The van der Waals surface area contributed by atoms with Crippen LogP contribution in [0.4, 0.5) is 0 Å². The Bertz CT molecular complexity index is 343. The van der Waals surface area contributed by atoms with E-state index < -0.39 is 13.5 Å². The van der Waals surface area contributed by atoms with Gasteiger partial charge in [0.25, 0.3) is 0 Å². The predicted octanol–water partition coefficient (Wildman–Crippen LogP) is 2.27. The van der Waals surface area contributed by atoms with Gasteiger partial charge in [0.05, 0.1) is 25.9 Å². The van der Waals surface area contributed by atoms with E-state index in [0.29, 0.717) is 31.1 Å². The van der Waals surface area contributed by atoms with Crippen LogP contribution in [0.15, 0.2) is 0 Å². The molecule has 0 aromatic heterocycles. The lowest BCUT2D eigenvalue weighted by Gasteiger charge is -2.17. The monoisotopic (exact) mass is 291 g/mol. The Morgan fingerprint density at radius 3 is 2.42 bits per heavy atom. The molecular formula is C12H22NO5P. The van der Waals surface area contributed by atoms with Gasteiger partial charge in [-0.05, 0) is 20.3 Å². The van der Waals surface area contributed by atoms with Crippen molar-refractivity contribution >= 4 is 13.5 Å². The molecule has 0 aliphatic carbocycles. The first kappa shape index (κ1) is 18.1. The first-order valence-electron chi connectivity index (χ1n) is 6.30. The van der Waals surface area contributed by atoms with Gasteiger partial charge in [0.15, 0.2) is 0 Å². The summed E-state index contributed by atoms with van der Waals surface area (Å²) in [7, 11) is -3.11. The van der Waals surface area contributed by atoms with Crippen molar-refractivity contribution in [1.82, 2.24) is 5.06 Å². The number of carbonyl (C=O) groups is 1. The van der Waals surface area contributed by atoms with Gasteiger partial charge in [-0.1, -0.05) is 0 Å². The molecule has 6 nitrogen and oxygen atoms in total. The molecular weight excluding hydrogens is 269 g/mol. The van der Waals surface area contributed by atoms with Crippen molar-refractivity contribution in [3.63, 3.8) is 0 Å². The van der Waals surface area contributed by atoms with E-state index in [1.54, 1.807) is 13.8 Å². The lowest BCUT2D eigenvalue weighted by Crippen LogP contribution is -2.28. The van der Waals surface area contributed by atoms with Gasteiger partial charge in [0, 0.05) is 12.8 Å². The van der Waals surface area contributed by atoms with E-state index in [-0.39, 0.29) is 19.1 Å². The van der Waals surface area contributed by atoms with Crippen molar-refractivity contribution in [2.45, 2.75) is 33.1 Å². The first-order chi connectivity index (χ1) is 8.99. The summed E-state index contributed by atoms with van der Waals surface area (Å²) in [5.74, 6) is 1.88. The third-order valence-corrected chi connectivity index (χ3v) is 4.40. The Kier molecular flexibility index (Phi) is 9.54. The first-order valence-corrected chi connectivity index (χ1v) is 8.02. The molecule has 0 aromatic rings. The number of nitrogens with zero attached hydrogens (tertiary/aromatic N) is 1. The Morgan fingerprint density at radius 1 is 1.37 bits per heavy atom. The van der Waals surface area contributed by atoms with Crippen molar-refractivity contribution in [2.75, 3.05) is 25.9 Å². The summed E-state index contributed by atoms with van der Waals surface area (Å²) in [6, 6.07) is 0. The Labute approximate surface area is 114 Å².